The van der Waals surface area contributed by atoms with Crippen LogP contribution >= 0.6 is 11.3 Å². The molecule has 2 heterocycles. The highest BCUT2D eigenvalue weighted by molar-refractivity contribution is 7.15. The van der Waals surface area contributed by atoms with Gasteiger partial charge in [0.25, 0.3) is 0 Å². The fraction of sp³-hybridized carbons (Fsp3) is 0.444. The maximum absolute atomic E-state index is 4.60. The van der Waals surface area contributed by atoms with Gasteiger partial charge >= 0.3 is 0 Å². The van der Waals surface area contributed by atoms with Gasteiger partial charge in [-0.05, 0) is 26.2 Å². The molecule has 0 radical (unpaired) electrons. The average molecular weight is 178 g/mol. The third-order valence-electron chi connectivity index (χ3n) is 2.54. The van der Waals surface area contributed by atoms with Gasteiger partial charge in [0.15, 0.2) is 4.96 Å². The molecule has 1 aliphatic carbocycles. The van der Waals surface area contributed by atoms with Crippen LogP contribution < -0.4 is 0 Å². The Morgan fingerprint density at radius 3 is 3.33 bits per heavy atom. The molecule has 0 N–H and O–H groups in total. The highest BCUT2D eigenvalue weighted by atomic mass is 32.1. The van der Waals surface area contributed by atoms with Crippen LogP contribution in [0.3, 0.4) is 0 Å². The fourth-order valence-electron chi connectivity index (χ4n) is 1.99. The van der Waals surface area contributed by atoms with Crippen LogP contribution in [0.2, 0.25) is 0 Å². The zero-order valence-electron chi connectivity index (χ0n) is 7.00. The van der Waals surface area contributed by atoms with E-state index in [9.17, 15) is 0 Å². The van der Waals surface area contributed by atoms with Crippen molar-refractivity contribution in [2.45, 2.75) is 26.2 Å². The molecule has 12 heavy (non-hydrogen) atoms. The molecule has 0 bridgehead atoms. The molecular formula is C9H10N2S. The van der Waals surface area contributed by atoms with Crippen molar-refractivity contribution in [1.82, 2.24) is 9.38 Å². The molecule has 0 aliphatic heterocycles. The van der Waals surface area contributed by atoms with Crippen LogP contribution in [-0.2, 0) is 12.8 Å². The Labute approximate surface area is 74.9 Å². The number of imidazole rings is 1. The van der Waals surface area contributed by atoms with Crippen LogP contribution in [0.25, 0.3) is 4.96 Å². The monoisotopic (exact) mass is 178 g/mol. The lowest BCUT2D eigenvalue weighted by Gasteiger charge is -1.93. The van der Waals surface area contributed by atoms with Gasteiger partial charge in [-0.25, -0.2) is 4.98 Å². The van der Waals surface area contributed by atoms with Crippen LogP contribution in [0.1, 0.15) is 23.5 Å². The summed E-state index contributed by atoms with van der Waals surface area (Å²) in [6.45, 7) is 2.16. The minimum atomic E-state index is 1.18. The van der Waals surface area contributed by atoms with E-state index in [1.54, 1.807) is 11.3 Å². The number of aryl methyl sites for hydroxylation is 3. The highest BCUT2D eigenvalue weighted by Crippen LogP contribution is 2.26. The van der Waals surface area contributed by atoms with Crippen molar-refractivity contribution in [1.29, 1.82) is 0 Å². The van der Waals surface area contributed by atoms with E-state index in [0.717, 1.165) is 0 Å². The fourth-order valence-corrected chi connectivity index (χ4v) is 2.89. The molecule has 0 unspecified atom stereocenters. The predicted octanol–water partition coefficient (Wildman–Crippen LogP) is 2.19. The number of hydrogen-bond acceptors (Lipinski definition) is 2. The van der Waals surface area contributed by atoms with E-state index in [4.69, 9.17) is 0 Å². The van der Waals surface area contributed by atoms with Gasteiger partial charge in [-0.1, -0.05) is 0 Å². The molecular weight excluding hydrogens is 168 g/mol. The summed E-state index contributed by atoms with van der Waals surface area (Å²) in [5.74, 6) is 0. The largest absolute Gasteiger partial charge is 0.292 e. The molecule has 2 aromatic rings. The summed E-state index contributed by atoms with van der Waals surface area (Å²) in [4.78, 5) is 5.77. The molecule has 0 fully saturated rings. The van der Waals surface area contributed by atoms with E-state index < -0.39 is 0 Å². The van der Waals surface area contributed by atoms with Crippen LogP contribution in [0, 0.1) is 6.92 Å². The first-order valence-corrected chi connectivity index (χ1v) is 5.18. The number of nitrogens with zero attached hydrogens (tertiary/aromatic N) is 2. The first-order chi connectivity index (χ1) is 5.86. The first-order valence-electron chi connectivity index (χ1n) is 4.30. The molecule has 0 aromatic carbocycles. The van der Waals surface area contributed by atoms with Crippen molar-refractivity contribution in [2.75, 3.05) is 0 Å². The standard InChI is InChI=1S/C9H10N2S/c1-6-5-12-9-10-7-3-2-4-8(7)11(6)9/h5H,2-4H2,1H3. The summed E-state index contributed by atoms with van der Waals surface area (Å²) in [6.07, 6.45) is 3.69. The molecule has 0 atom stereocenters. The van der Waals surface area contributed by atoms with Crippen LogP contribution in [0.5, 0.6) is 0 Å². The molecule has 3 heteroatoms. The van der Waals surface area contributed by atoms with E-state index in [0.29, 0.717) is 0 Å². The first kappa shape index (κ1) is 6.66. The summed E-state index contributed by atoms with van der Waals surface area (Å²) < 4.78 is 2.31. The summed E-state index contributed by atoms with van der Waals surface area (Å²) in [7, 11) is 0. The van der Waals surface area contributed by atoms with Crippen molar-refractivity contribution in [3.05, 3.63) is 22.5 Å². The quantitative estimate of drug-likeness (QED) is 0.604. The number of rotatable bonds is 0. The van der Waals surface area contributed by atoms with Gasteiger partial charge in [-0.2, -0.15) is 0 Å². The summed E-state index contributed by atoms with van der Waals surface area (Å²) in [6, 6.07) is 0. The topological polar surface area (TPSA) is 17.3 Å². The molecule has 2 aromatic heterocycles. The Balaban J connectivity index is 2.46. The predicted molar refractivity (Wildman–Crippen MR) is 49.8 cm³/mol. The Hall–Kier alpha value is -0.830. The van der Waals surface area contributed by atoms with Crippen molar-refractivity contribution < 1.29 is 0 Å². The lowest BCUT2D eigenvalue weighted by molar-refractivity contribution is 0.867. The third-order valence-corrected chi connectivity index (χ3v) is 3.48. The Bertz CT molecular complexity index is 438. The second kappa shape index (κ2) is 2.10. The van der Waals surface area contributed by atoms with E-state index in [2.05, 4.69) is 21.7 Å². The molecule has 1 aliphatic rings. The lowest BCUT2D eigenvalue weighted by Crippen LogP contribution is -1.89. The smallest absolute Gasteiger partial charge is 0.194 e. The van der Waals surface area contributed by atoms with Crippen LogP contribution in [-0.4, -0.2) is 9.38 Å². The summed E-state index contributed by atoms with van der Waals surface area (Å²) in [5.41, 5.74) is 4.14. The minimum absolute atomic E-state index is 1.18. The van der Waals surface area contributed by atoms with Gasteiger partial charge in [0, 0.05) is 16.8 Å². The van der Waals surface area contributed by atoms with Gasteiger partial charge in [0.05, 0.1) is 5.69 Å². The maximum Gasteiger partial charge on any atom is 0.194 e. The van der Waals surface area contributed by atoms with Gasteiger partial charge in [-0.15, -0.1) is 11.3 Å². The van der Waals surface area contributed by atoms with Crippen molar-refractivity contribution in [2.24, 2.45) is 0 Å². The van der Waals surface area contributed by atoms with Crippen LogP contribution in [0.15, 0.2) is 5.38 Å². The SMILES string of the molecule is Cc1csc2nc3c(n12)CCC3. The number of aromatic nitrogens is 2. The van der Waals surface area contributed by atoms with Crippen molar-refractivity contribution in [3.63, 3.8) is 0 Å². The third kappa shape index (κ3) is 0.672. The average Bonchev–Trinajstić information content (AvgIpc) is 2.61. The highest BCUT2D eigenvalue weighted by Gasteiger charge is 2.19. The second-order valence-corrected chi connectivity index (χ2v) is 4.19. The van der Waals surface area contributed by atoms with E-state index in [-0.39, 0.29) is 0 Å². The Kier molecular flexibility index (Phi) is 1.17. The van der Waals surface area contributed by atoms with Gasteiger partial charge in [0.1, 0.15) is 0 Å². The molecule has 0 saturated carbocycles. The molecule has 0 saturated heterocycles. The molecule has 2 nitrogen and oxygen atoms in total. The second-order valence-electron chi connectivity index (χ2n) is 3.35. The normalized spacial score (nSPS) is 15.8. The van der Waals surface area contributed by atoms with Gasteiger partial charge in [-0.3, -0.25) is 4.40 Å². The summed E-state index contributed by atoms with van der Waals surface area (Å²) >= 11 is 1.75. The van der Waals surface area contributed by atoms with Crippen molar-refractivity contribution >= 4 is 16.3 Å². The lowest BCUT2D eigenvalue weighted by atomic mass is 10.3. The number of fused-ring (bicyclic) bond motifs is 3. The zero-order chi connectivity index (χ0) is 8.13. The number of hydrogen-bond donors (Lipinski definition) is 0. The number of thiazole rings is 1. The Morgan fingerprint density at radius 1 is 1.50 bits per heavy atom. The molecule has 62 valence electrons. The molecule has 0 spiro atoms. The minimum Gasteiger partial charge on any atom is -0.292 e. The summed E-state index contributed by atoms with van der Waals surface area (Å²) in [5, 5.41) is 2.18. The zero-order valence-corrected chi connectivity index (χ0v) is 7.82. The van der Waals surface area contributed by atoms with Crippen LogP contribution in [0.4, 0.5) is 0 Å². The van der Waals surface area contributed by atoms with Gasteiger partial charge in [0.2, 0.25) is 0 Å². The maximum atomic E-state index is 4.60. The van der Waals surface area contributed by atoms with Crippen molar-refractivity contribution in [3.8, 4) is 0 Å². The molecule has 0 amide bonds. The molecule has 3 rings (SSSR count). The van der Waals surface area contributed by atoms with E-state index >= 15 is 0 Å². The van der Waals surface area contributed by atoms with E-state index in [1.807, 2.05) is 0 Å². The van der Waals surface area contributed by atoms with E-state index in [1.165, 1.54) is 41.3 Å². The van der Waals surface area contributed by atoms with Gasteiger partial charge < -0.3 is 0 Å². The Morgan fingerprint density at radius 2 is 2.42 bits per heavy atom.